The minimum Gasteiger partial charge on any atom is -0.468 e. The van der Waals surface area contributed by atoms with Crippen molar-refractivity contribution >= 4 is 28.4 Å². The van der Waals surface area contributed by atoms with Crippen LogP contribution in [-0.4, -0.2) is 75.7 Å². The molecule has 0 aromatic heterocycles. The lowest BCUT2D eigenvalue weighted by molar-refractivity contribution is -0.147. The van der Waals surface area contributed by atoms with E-state index in [-0.39, 0.29) is 24.9 Å². The molecule has 0 spiro atoms. The van der Waals surface area contributed by atoms with Gasteiger partial charge in [-0.25, -0.2) is 8.42 Å². The summed E-state index contributed by atoms with van der Waals surface area (Å²) < 4.78 is 28.7. The van der Waals surface area contributed by atoms with E-state index in [4.69, 9.17) is 5.73 Å². The summed E-state index contributed by atoms with van der Waals surface area (Å²) in [6.07, 6.45) is 1.18. The van der Waals surface area contributed by atoms with Gasteiger partial charge in [0.25, 0.3) is 0 Å². The van der Waals surface area contributed by atoms with Crippen LogP contribution >= 0.6 is 12.4 Å². The van der Waals surface area contributed by atoms with E-state index in [1.807, 2.05) is 4.90 Å². The number of ether oxygens (including phenoxy) is 1. The average Bonchev–Trinajstić information content (AvgIpc) is 2.29. The van der Waals surface area contributed by atoms with Crippen molar-refractivity contribution in [2.45, 2.75) is 6.04 Å². The van der Waals surface area contributed by atoms with E-state index in [0.29, 0.717) is 26.2 Å². The molecule has 1 fully saturated rings. The fourth-order valence-corrected chi connectivity index (χ4v) is 2.70. The Morgan fingerprint density at radius 2 is 1.83 bits per heavy atom. The summed E-state index contributed by atoms with van der Waals surface area (Å²) in [5, 5.41) is 0. The second kappa shape index (κ2) is 7.25. The molecule has 108 valence electrons. The Labute approximate surface area is 114 Å². The van der Waals surface area contributed by atoms with Gasteiger partial charge >= 0.3 is 5.97 Å². The highest BCUT2D eigenvalue weighted by Gasteiger charge is 2.30. The molecule has 0 aromatic rings. The average molecular weight is 302 g/mol. The van der Waals surface area contributed by atoms with Crippen LogP contribution in [0, 0.1) is 0 Å². The van der Waals surface area contributed by atoms with Crippen molar-refractivity contribution in [2.24, 2.45) is 5.73 Å². The number of nitrogens with two attached hydrogens (primary N) is 1. The van der Waals surface area contributed by atoms with Crippen LogP contribution in [0.5, 0.6) is 0 Å². The van der Waals surface area contributed by atoms with Crippen molar-refractivity contribution in [1.29, 1.82) is 0 Å². The molecule has 1 atom stereocenters. The summed E-state index contributed by atoms with van der Waals surface area (Å²) in [6, 6.07) is -0.485. The number of sulfonamides is 1. The van der Waals surface area contributed by atoms with Gasteiger partial charge < -0.3 is 10.5 Å². The van der Waals surface area contributed by atoms with Crippen LogP contribution in [0.25, 0.3) is 0 Å². The third-order valence-electron chi connectivity index (χ3n) is 2.88. The van der Waals surface area contributed by atoms with Crippen LogP contribution in [0.4, 0.5) is 0 Å². The Kier molecular flexibility index (Phi) is 7.08. The van der Waals surface area contributed by atoms with Gasteiger partial charge in [-0.2, -0.15) is 4.31 Å². The van der Waals surface area contributed by atoms with Crippen LogP contribution in [0.2, 0.25) is 0 Å². The van der Waals surface area contributed by atoms with Gasteiger partial charge in [0.05, 0.1) is 13.4 Å². The van der Waals surface area contributed by atoms with Gasteiger partial charge in [0.2, 0.25) is 10.0 Å². The molecule has 0 aliphatic carbocycles. The zero-order chi connectivity index (χ0) is 13.1. The van der Waals surface area contributed by atoms with Crippen molar-refractivity contribution < 1.29 is 17.9 Å². The summed E-state index contributed by atoms with van der Waals surface area (Å²) in [5.41, 5.74) is 5.53. The topological polar surface area (TPSA) is 92.9 Å². The predicted octanol–water partition coefficient (Wildman–Crippen LogP) is -1.51. The second-order valence-electron chi connectivity index (χ2n) is 3.97. The van der Waals surface area contributed by atoms with E-state index >= 15 is 0 Å². The normalized spacial score (nSPS) is 19.9. The molecule has 0 bridgehead atoms. The summed E-state index contributed by atoms with van der Waals surface area (Å²) in [5.74, 6) is -0.375. The van der Waals surface area contributed by atoms with Gasteiger partial charge in [-0.15, -0.1) is 12.4 Å². The molecule has 0 saturated carbocycles. The van der Waals surface area contributed by atoms with Crippen LogP contribution < -0.4 is 5.73 Å². The minimum absolute atomic E-state index is 0. The zero-order valence-electron chi connectivity index (χ0n) is 10.5. The van der Waals surface area contributed by atoms with Crippen LogP contribution in [0.1, 0.15) is 0 Å². The van der Waals surface area contributed by atoms with E-state index in [2.05, 4.69) is 4.74 Å². The summed E-state index contributed by atoms with van der Waals surface area (Å²) in [4.78, 5) is 13.3. The summed E-state index contributed by atoms with van der Waals surface area (Å²) in [7, 11) is -1.83. The van der Waals surface area contributed by atoms with Gasteiger partial charge in [0, 0.05) is 32.7 Å². The number of rotatable bonds is 4. The van der Waals surface area contributed by atoms with E-state index in [1.54, 1.807) is 0 Å². The number of halogens is 1. The van der Waals surface area contributed by atoms with Crippen molar-refractivity contribution in [2.75, 3.05) is 46.1 Å². The predicted molar refractivity (Wildman–Crippen MR) is 70.1 cm³/mol. The van der Waals surface area contributed by atoms with Crippen LogP contribution in [0.15, 0.2) is 0 Å². The molecule has 1 aliphatic rings. The maximum Gasteiger partial charge on any atom is 0.324 e. The fourth-order valence-electron chi connectivity index (χ4n) is 1.88. The van der Waals surface area contributed by atoms with E-state index in [9.17, 15) is 13.2 Å². The Hall–Kier alpha value is -0.410. The Morgan fingerprint density at radius 3 is 2.17 bits per heavy atom. The monoisotopic (exact) mass is 301 g/mol. The number of nitrogens with zero attached hydrogens (tertiary/aromatic N) is 2. The standard InChI is InChI=1S/C9H19N3O4S.ClH/c1-16-9(13)8(7-10)11-3-5-12(6-4-11)17(2,14)15;/h8H,3-7,10H2,1-2H3;1H. The van der Waals surface area contributed by atoms with Gasteiger partial charge in [0.1, 0.15) is 6.04 Å². The van der Waals surface area contributed by atoms with Gasteiger partial charge in [-0.3, -0.25) is 9.69 Å². The Bertz CT molecular complexity index is 368. The Balaban J connectivity index is 0.00000289. The van der Waals surface area contributed by atoms with Gasteiger partial charge in [-0.05, 0) is 0 Å². The highest BCUT2D eigenvalue weighted by Crippen LogP contribution is 2.09. The van der Waals surface area contributed by atoms with E-state index in [0.717, 1.165) is 0 Å². The smallest absolute Gasteiger partial charge is 0.324 e. The molecular weight excluding hydrogens is 282 g/mol. The number of carbonyl (C=O) groups excluding carboxylic acids is 1. The van der Waals surface area contributed by atoms with Crippen LogP contribution in [-0.2, 0) is 19.6 Å². The first kappa shape index (κ1) is 17.6. The van der Waals surface area contributed by atoms with Crippen molar-refractivity contribution in [3.8, 4) is 0 Å². The van der Waals surface area contributed by atoms with E-state index in [1.165, 1.54) is 17.7 Å². The molecule has 9 heteroatoms. The molecule has 0 aromatic carbocycles. The lowest BCUT2D eigenvalue weighted by atomic mass is 10.2. The number of hydrogen-bond donors (Lipinski definition) is 1. The third-order valence-corrected chi connectivity index (χ3v) is 4.18. The van der Waals surface area contributed by atoms with E-state index < -0.39 is 16.1 Å². The van der Waals surface area contributed by atoms with Crippen molar-refractivity contribution in [3.05, 3.63) is 0 Å². The molecule has 18 heavy (non-hydrogen) atoms. The molecule has 1 rings (SSSR count). The molecule has 7 nitrogen and oxygen atoms in total. The van der Waals surface area contributed by atoms with Gasteiger partial charge in [-0.1, -0.05) is 0 Å². The van der Waals surface area contributed by atoms with Crippen molar-refractivity contribution in [3.63, 3.8) is 0 Å². The third kappa shape index (κ3) is 4.36. The summed E-state index contributed by atoms with van der Waals surface area (Å²) in [6.45, 7) is 1.91. The molecule has 2 N–H and O–H groups in total. The lowest BCUT2D eigenvalue weighted by Gasteiger charge is -2.36. The Morgan fingerprint density at radius 1 is 1.33 bits per heavy atom. The quantitative estimate of drug-likeness (QED) is 0.634. The molecule has 1 heterocycles. The number of methoxy groups -OCH3 is 1. The highest BCUT2D eigenvalue weighted by atomic mass is 35.5. The summed E-state index contributed by atoms with van der Waals surface area (Å²) >= 11 is 0. The first-order valence-electron chi connectivity index (χ1n) is 5.37. The number of esters is 1. The maximum absolute atomic E-state index is 11.4. The molecule has 0 radical (unpaired) electrons. The second-order valence-corrected chi connectivity index (χ2v) is 5.96. The zero-order valence-corrected chi connectivity index (χ0v) is 12.2. The first-order valence-corrected chi connectivity index (χ1v) is 7.22. The van der Waals surface area contributed by atoms with Crippen molar-refractivity contribution in [1.82, 2.24) is 9.21 Å². The molecule has 0 amide bonds. The lowest BCUT2D eigenvalue weighted by Crippen LogP contribution is -2.56. The highest BCUT2D eigenvalue weighted by molar-refractivity contribution is 7.88. The molecule has 1 aliphatic heterocycles. The minimum atomic E-state index is -3.15. The first-order chi connectivity index (χ1) is 7.90. The fraction of sp³-hybridized carbons (Fsp3) is 0.889. The number of piperazine rings is 1. The maximum atomic E-state index is 11.4. The van der Waals surface area contributed by atoms with Crippen LogP contribution in [0.3, 0.4) is 0 Å². The van der Waals surface area contributed by atoms with Gasteiger partial charge in [0.15, 0.2) is 0 Å². The largest absolute Gasteiger partial charge is 0.468 e. The SMILES string of the molecule is COC(=O)C(CN)N1CCN(S(C)(=O)=O)CC1.Cl. The molecular formula is C9H20ClN3O4S. The number of hydrogen-bond acceptors (Lipinski definition) is 6. The molecule has 1 saturated heterocycles. The molecule has 1 unspecified atom stereocenters. The number of carbonyl (C=O) groups is 1.